The van der Waals surface area contributed by atoms with Gasteiger partial charge in [-0.1, -0.05) is 60.7 Å². The number of carboxylic acids is 1. The topological polar surface area (TPSA) is 86.7 Å². The second-order valence-electron chi connectivity index (χ2n) is 9.28. The lowest BCUT2D eigenvalue weighted by Crippen LogP contribution is -2.34. The Kier molecular flexibility index (Phi) is 7.42. The van der Waals surface area contributed by atoms with Crippen molar-refractivity contribution in [2.75, 3.05) is 16.8 Å². The van der Waals surface area contributed by atoms with E-state index in [9.17, 15) is 19.5 Å². The monoisotopic (exact) mass is 512 g/mol. The molecule has 1 heterocycles. The summed E-state index contributed by atoms with van der Waals surface area (Å²) in [5, 5.41) is 11.9. The number of anilines is 2. The number of fused-ring (bicyclic) bond motifs is 1. The summed E-state index contributed by atoms with van der Waals surface area (Å²) in [5.74, 6) is -2.51. The predicted molar refractivity (Wildman–Crippen MR) is 146 cm³/mol. The average molecular weight is 513 g/mol. The highest BCUT2D eigenvalue weighted by Crippen LogP contribution is 2.40. The number of carbonyl (C=O) groups excluding carboxylic acids is 2. The van der Waals surface area contributed by atoms with Crippen molar-refractivity contribution in [3.05, 3.63) is 102 Å². The molecule has 0 spiro atoms. The van der Waals surface area contributed by atoms with Gasteiger partial charge in [-0.05, 0) is 60.7 Å². The minimum atomic E-state index is -0.950. The Morgan fingerprint density at radius 1 is 0.865 bits per heavy atom. The van der Waals surface area contributed by atoms with Gasteiger partial charge in [0.2, 0.25) is 11.8 Å². The number of nitrogens with zero attached hydrogens (tertiary/aromatic N) is 1. The number of nitrogens with one attached hydrogen (secondary N) is 1. The number of amides is 2. The standard InChI is InChI=1S/C30H28N2O4S/c33-28(24-11-5-6-12-25(24)30(35)36)31-22-14-16-23(17-15-22)37-27(21-9-2-1-3-10-21)29(34)32-19-18-20-8-4-7-13-26(20)32/h1-10,13-17,24-25,27H,11-12,18-19H2,(H,31,33)(H,35,36). The molecule has 0 bridgehead atoms. The Balaban J connectivity index is 1.32. The number of para-hydroxylation sites is 1. The molecule has 2 amide bonds. The summed E-state index contributed by atoms with van der Waals surface area (Å²) in [4.78, 5) is 40.9. The summed E-state index contributed by atoms with van der Waals surface area (Å²) in [5.41, 5.74) is 3.70. The fourth-order valence-electron chi connectivity index (χ4n) is 4.96. The smallest absolute Gasteiger partial charge is 0.307 e. The maximum absolute atomic E-state index is 13.8. The first-order chi connectivity index (χ1) is 18.0. The number of benzene rings is 3. The van der Waals surface area contributed by atoms with Crippen molar-refractivity contribution in [2.45, 2.75) is 29.4 Å². The van der Waals surface area contributed by atoms with Gasteiger partial charge in [0.1, 0.15) is 5.25 Å². The van der Waals surface area contributed by atoms with E-state index in [1.54, 1.807) is 12.1 Å². The van der Waals surface area contributed by atoms with Gasteiger partial charge in [-0.25, -0.2) is 0 Å². The first-order valence-corrected chi connectivity index (χ1v) is 13.3. The molecule has 3 atom stereocenters. The van der Waals surface area contributed by atoms with Crippen molar-refractivity contribution in [3.63, 3.8) is 0 Å². The molecule has 37 heavy (non-hydrogen) atoms. The number of carbonyl (C=O) groups is 3. The molecule has 0 saturated carbocycles. The van der Waals surface area contributed by atoms with Crippen LogP contribution in [0.3, 0.4) is 0 Å². The van der Waals surface area contributed by atoms with Gasteiger partial charge in [0.05, 0.1) is 11.8 Å². The first kappa shape index (κ1) is 24.8. The average Bonchev–Trinajstić information content (AvgIpc) is 3.37. The van der Waals surface area contributed by atoms with Gasteiger partial charge in [0.15, 0.2) is 0 Å². The molecule has 2 aliphatic rings. The quantitative estimate of drug-likeness (QED) is 0.313. The molecular weight excluding hydrogens is 484 g/mol. The van der Waals surface area contributed by atoms with Gasteiger partial charge in [-0.2, -0.15) is 0 Å². The van der Waals surface area contributed by atoms with Gasteiger partial charge >= 0.3 is 5.97 Å². The van der Waals surface area contributed by atoms with Gasteiger partial charge in [0, 0.05) is 22.8 Å². The van der Waals surface area contributed by atoms with Gasteiger partial charge in [-0.15, -0.1) is 11.8 Å². The first-order valence-electron chi connectivity index (χ1n) is 12.4. The van der Waals surface area contributed by atoms with Gasteiger partial charge < -0.3 is 15.3 Å². The number of thioether (sulfide) groups is 1. The van der Waals surface area contributed by atoms with Crippen LogP contribution in [-0.2, 0) is 20.8 Å². The lowest BCUT2D eigenvalue weighted by Gasteiger charge is -2.25. The van der Waals surface area contributed by atoms with Crippen LogP contribution >= 0.6 is 11.8 Å². The zero-order chi connectivity index (χ0) is 25.8. The number of hydrogen-bond donors (Lipinski definition) is 2. The SMILES string of the molecule is O=C(O)C1CC=CCC1C(=O)Nc1ccc(SC(C(=O)N2CCc3ccccc32)c2ccccc2)cc1. The second-order valence-corrected chi connectivity index (χ2v) is 10.5. The summed E-state index contributed by atoms with van der Waals surface area (Å²) in [6.07, 6.45) is 5.31. The maximum Gasteiger partial charge on any atom is 0.307 e. The highest BCUT2D eigenvalue weighted by Gasteiger charge is 2.34. The third kappa shape index (κ3) is 5.47. The van der Waals surface area contributed by atoms with Crippen molar-refractivity contribution >= 4 is 40.9 Å². The normalized spacial score (nSPS) is 19.2. The molecule has 0 fully saturated rings. The van der Waals surface area contributed by atoms with Crippen LogP contribution < -0.4 is 10.2 Å². The second kappa shape index (κ2) is 11.0. The molecule has 5 rings (SSSR count). The molecule has 0 radical (unpaired) electrons. The van der Waals surface area contributed by atoms with Crippen LogP contribution in [0.4, 0.5) is 11.4 Å². The molecule has 0 saturated heterocycles. The zero-order valence-electron chi connectivity index (χ0n) is 20.2. The van der Waals surface area contributed by atoms with E-state index in [2.05, 4.69) is 11.4 Å². The van der Waals surface area contributed by atoms with Crippen LogP contribution in [0.5, 0.6) is 0 Å². The Labute approximate surface area is 220 Å². The van der Waals surface area contributed by atoms with E-state index in [4.69, 9.17) is 0 Å². The lowest BCUT2D eigenvalue weighted by molar-refractivity contribution is -0.146. The van der Waals surface area contributed by atoms with Crippen LogP contribution in [0.25, 0.3) is 0 Å². The Bertz CT molecular complexity index is 1320. The molecule has 6 nitrogen and oxygen atoms in total. The van der Waals surface area contributed by atoms with Crippen molar-refractivity contribution in [3.8, 4) is 0 Å². The highest BCUT2D eigenvalue weighted by molar-refractivity contribution is 8.00. The molecule has 1 aliphatic heterocycles. The fourth-order valence-corrected chi connectivity index (χ4v) is 6.05. The number of rotatable bonds is 7. The highest BCUT2D eigenvalue weighted by atomic mass is 32.2. The molecule has 1 aliphatic carbocycles. The summed E-state index contributed by atoms with van der Waals surface area (Å²) in [6, 6.07) is 25.2. The van der Waals surface area contributed by atoms with Crippen LogP contribution in [-0.4, -0.2) is 29.4 Å². The summed E-state index contributed by atoms with van der Waals surface area (Å²) in [7, 11) is 0. The molecule has 3 aromatic rings. The van der Waals surface area contributed by atoms with Crippen molar-refractivity contribution < 1.29 is 19.5 Å². The van der Waals surface area contributed by atoms with E-state index in [1.165, 1.54) is 17.3 Å². The van der Waals surface area contributed by atoms with Crippen LogP contribution in [0, 0.1) is 11.8 Å². The number of carboxylic acid groups (broad SMARTS) is 1. The molecular formula is C30H28N2O4S. The van der Waals surface area contributed by atoms with E-state index in [1.807, 2.05) is 77.7 Å². The molecule has 188 valence electrons. The molecule has 3 aromatic carbocycles. The molecule has 0 aromatic heterocycles. The summed E-state index contributed by atoms with van der Waals surface area (Å²) in [6.45, 7) is 0.667. The number of hydrogen-bond acceptors (Lipinski definition) is 4. The van der Waals surface area contributed by atoms with E-state index < -0.39 is 23.1 Å². The third-order valence-corrected chi connectivity index (χ3v) is 8.20. The van der Waals surface area contributed by atoms with Crippen molar-refractivity contribution in [2.24, 2.45) is 11.8 Å². The molecule has 2 N–H and O–H groups in total. The van der Waals surface area contributed by atoms with Crippen molar-refractivity contribution in [1.82, 2.24) is 0 Å². The Morgan fingerprint density at radius 2 is 1.54 bits per heavy atom. The van der Waals surface area contributed by atoms with Crippen molar-refractivity contribution in [1.29, 1.82) is 0 Å². The van der Waals surface area contributed by atoms with Crippen LogP contribution in [0.2, 0.25) is 0 Å². The lowest BCUT2D eigenvalue weighted by atomic mass is 9.82. The Morgan fingerprint density at radius 3 is 2.27 bits per heavy atom. The van der Waals surface area contributed by atoms with Gasteiger partial charge in [0.25, 0.3) is 0 Å². The number of allylic oxidation sites excluding steroid dienone is 2. The van der Waals surface area contributed by atoms with E-state index >= 15 is 0 Å². The van der Waals surface area contributed by atoms with Gasteiger partial charge in [-0.3, -0.25) is 14.4 Å². The predicted octanol–water partition coefficient (Wildman–Crippen LogP) is 5.71. The largest absolute Gasteiger partial charge is 0.481 e. The maximum atomic E-state index is 13.8. The van der Waals surface area contributed by atoms with E-state index in [0.29, 0.717) is 25.1 Å². The zero-order valence-corrected chi connectivity index (χ0v) is 21.1. The van der Waals surface area contributed by atoms with Crippen LogP contribution in [0.1, 0.15) is 29.2 Å². The molecule has 7 heteroatoms. The van der Waals surface area contributed by atoms with E-state index in [-0.39, 0.29) is 11.8 Å². The van der Waals surface area contributed by atoms with E-state index in [0.717, 1.165) is 22.6 Å². The Hall–Kier alpha value is -3.84. The minimum Gasteiger partial charge on any atom is -0.481 e. The minimum absolute atomic E-state index is 0.0450. The molecule has 3 unspecified atom stereocenters. The van der Waals surface area contributed by atoms with Crippen LogP contribution in [0.15, 0.2) is 95.9 Å². The fraction of sp³-hybridized carbons (Fsp3) is 0.233. The third-order valence-electron chi connectivity index (χ3n) is 6.94. The summed E-state index contributed by atoms with van der Waals surface area (Å²) >= 11 is 1.48. The number of aliphatic carboxylic acids is 1. The summed E-state index contributed by atoms with van der Waals surface area (Å²) < 4.78 is 0.